The SMILES string of the molecule is OC[C@H]1O[C@@H](n2cnc3c(I)ncnc32)[C@H](O)[C@@H]1O. The molecule has 0 radical (unpaired) electrons. The number of aliphatic hydroxyl groups is 3. The fourth-order valence-electron chi connectivity index (χ4n) is 2.12. The molecule has 1 aliphatic rings. The zero-order chi connectivity index (χ0) is 13.6. The second kappa shape index (κ2) is 4.90. The molecule has 102 valence electrons. The molecule has 2 aromatic rings. The molecule has 8 nitrogen and oxygen atoms in total. The van der Waals surface area contributed by atoms with E-state index in [1.807, 2.05) is 22.6 Å². The van der Waals surface area contributed by atoms with Crippen LogP contribution in [0.15, 0.2) is 12.7 Å². The van der Waals surface area contributed by atoms with Crippen LogP contribution in [0.1, 0.15) is 6.23 Å². The van der Waals surface area contributed by atoms with Gasteiger partial charge in [0.15, 0.2) is 11.9 Å². The highest BCUT2D eigenvalue weighted by Gasteiger charge is 2.43. The van der Waals surface area contributed by atoms with Crippen LogP contribution in [0.4, 0.5) is 0 Å². The normalized spacial score (nSPS) is 31.2. The summed E-state index contributed by atoms with van der Waals surface area (Å²) in [4.78, 5) is 12.3. The number of hydrogen-bond acceptors (Lipinski definition) is 7. The van der Waals surface area contributed by atoms with Crippen LogP contribution in [0.5, 0.6) is 0 Å². The van der Waals surface area contributed by atoms with Gasteiger partial charge in [0.2, 0.25) is 0 Å². The van der Waals surface area contributed by atoms with Crippen molar-refractivity contribution in [2.75, 3.05) is 6.61 Å². The number of imidazole rings is 1. The Hall–Kier alpha value is -0.880. The summed E-state index contributed by atoms with van der Waals surface area (Å²) in [5.74, 6) is 0. The van der Waals surface area contributed by atoms with Crippen LogP contribution in [-0.4, -0.2) is 59.8 Å². The lowest BCUT2D eigenvalue weighted by Gasteiger charge is -2.16. The quantitative estimate of drug-likeness (QED) is 0.456. The maximum absolute atomic E-state index is 9.98. The number of fused-ring (bicyclic) bond motifs is 1. The van der Waals surface area contributed by atoms with E-state index in [0.717, 1.165) is 0 Å². The summed E-state index contributed by atoms with van der Waals surface area (Å²) >= 11 is 2.04. The number of aromatic nitrogens is 4. The van der Waals surface area contributed by atoms with Gasteiger partial charge in [-0.2, -0.15) is 0 Å². The molecule has 1 aliphatic heterocycles. The predicted octanol–water partition coefficient (Wildman–Crippen LogP) is -0.958. The van der Waals surface area contributed by atoms with Crippen molar-refractivity contribution in [3.63, 3.8) is 0 Å². The van der Waals surface area contributed by atoms with Gasteiger partial charge in [-0.3, -0.25) is 4.57 Å². The van der Waals surface area contributed by atoms with Gasteiger partial charge in [-0.25, -0.2) is 15.0 Å². The van der Waals surface area contributed by atoms with Crippen LogP contribution < -0.4 is 0 Å². The van der Waals surface area contributed by atoms with Crippen LogP contribution in [0.3, 0.4) is 0 Å². The van der Waals surface area contributed by atoms with Gasteiger partial charge in [-0.15, -0.1) is 0 Å². The Labute approximate surface area is 121 Å². The smallest absolute Gasteiger partial charge is 0.166 e. The standard InChI is InChI=1S/C10H11IN4O4/c11-8-5-9(13-2-12-8)15(3-14-5)10-7(18)6(17)4(1-16)19-10/h2-4,6-7,10,16-18H,1H2/t4-,6-,7-,10-/m1/s1. The average molecular weight is 378 g/mol. The number of aliphatic hydroxyl groups excluding tert-OH is 3. The summed E-state index contributed by atoms with van der Waals surface area (Å²) < 4.78 is 7.66. The molecule has 0 bridgehead atoms. The second-order valence-corrected chi connectivity index (χ2v) is 5.24. The van der Waals surface area contributed by atoms with Crippen molar-refractivity contribution in [3.8, 4) is 0 Å². The van der Waals surface area contributed by atoms with Crippen molar-refractivity contribution in [1.29, 1.82) is 0 Å². The summed E-state index contributed by atoms with van der Waals surface area (Å²) in [6, 6.07) is 0. The van der Waals surface area contributed by atoms with E-state index in [4.69, 9.17) is 9.84 Å². The lowest BCUT2D eigenvalue weighted by Crippen LogP contribution is -2.33. The van der Waals surface area contributed by atoms with Gasteiger partial charge in [0.25, 0.3) is 0 Å². The van der Waals surface area contributed by atoms with Gasteiger partial charge in [0.1, 0.15) is 33.9 Å². The van der Waals surface area contributed by atoms with Crippen molar-refractivity contribution < 1.29 is 20.1 Å². The van der Waals surface area contributed by atoms with E-state index in [-0.39, 0.29) is 6.61 Å². The van der Waals surface area contributed by atoms with E-state index >= 15 is 0 Å². The Morgan fingerprint density at radius 2 is 2.05 bits per heavy atom. The molecule has 0 saturated carbocycles. The summed E-state index contributed by atoms with van der Waals surface area (Å²) in [6.07, 6.45) is -1.08. The number of hydrogen-bond donors (Lipinski definition) is 3. The fraction of sp³-hybridized carbons (Fsp3) is 0.500. The summed E-state index contributed by atoms with van der Waals surface area (Å²) in [6.45, 7) is -0.367. The highest BCUT2D eigenvalue weighted by atomic mass is 127. The van der Waals surface area contributed by atoms with Gasteiger partial charge in [-0.1, -0.05) is 0 Å². The van der Waals surface area contributed by atoms with Crippen molar-refractivity contribution >= 4 is 33.8 Å². The molecule has 2 aromatic heterocycles. The van der Waals surface area contributed by atoms with E-state index < -0.39 is 24.5 Å². The molecule has 3 rings (SSSR count). The average Bonchev–Trinajstić information content (AvgIpc) is 2.94. The summed E-state index contributed by atoms with van der Waals surface area (Å²) in [5.41, 5.74) is 1.11. The van der Waals surface area contributed by atoms with Crippen LogP contribution in [0.2, 0.25) is 0 Å². The Kier molecular flexibility index (Phi) is 3.39. The number of halogens is 1. The minimum atomic E-state index is -1.15. The zero-order valence-corrected chi connectivity index (χ0v) is 11.7. The van der Waals surface area contributed by atoms with Crippen molar-refractivity contribution in [3.05, 3.63) is 16.4 Å². The second-order valence-electron chi connectivity index (χ2n) is 4.22. The predicted molar refractivity (Wildman–Crippen MR) is 71.0 cm³/mol. The van der Waals surface area contributed by atoms with Crippen LogP contribution in [0.25, 0.3) is 11.2 Å². The Balaban J connectivity index is 2.04. The molecule has 9 heteroatoms. The molecule has 0 aromatic carbocycles. The van der Waals surface area contributed by atoms with E-state index in [1.54, 1.807) is 0 Å². The Morgan fingerprint density at radius 1 is 1.26 bits per heavy atom. The minimum absolute atomic E-state index is 0.367. The first-order valence-corrected chi connectivity index (χ1v) is 6.67. The molecule has 4 atom stereocenters. The van der Waals surface area contributed by atoms with E-state index in [1.165, 1.54) is 17.2 Å². The van der Waals surface area contributed by atoms with Gasteiger partial charge in [0, 0.05) is 0 Å². The highest BCUT2D eigenvalue weighted by Crippen LogP contribution is 2.31. The van der Waals surface area contributed by atoms with Crippen LogP contribution in [0, 0.1) is 3.70 Å². The molecular formula is C10H11IN4O4. The minimum Gasteiger partial charge on any atom is -0.394 e. The molecule has 1 fully saturated rings. The lowest BCUT2D eigenvalue weighted by molar-refractivity contribution is -0.0511. The van der Waals surface area contributed by atoms with Gasteiger partial charge >= 0.3 is 0 Å². The van der Waals surface area contributed by atoms with Crippen LogP contribution in [-0.2, 0) is 4.74 Å². The number of ether oxygens (including phenoxy) is 1. The summed E-state index contributed by atoms with van der Waals surface area (Å²) in [5, 5.41) is 28.8. The monoisotopic (exact) mass is 378 g/mol. The molecule has 3 N–H and O–H groups in total. The van der Waals surface area contributed by atoms with Crippen molar-refractivity contribution in [2.24, 2.45) is 0 Å². The van der Waals surface area contributed by atoms with E-state index in [2.05, 4.69) is 15.0 Å². The Bertz CT molecular complexity index is 606. The van der Waals surface area contributed by atoms with E-state index in [0.29, 0.717) is 14.9 Å². The molecule has 0 amide bonds. The van der Waals surface area contributed by atoms with Gasteiger partial charge in [0.05, 0.1) is 12.9 Å². The third-order valence-corrected chi connectivity index (χ3v) is 3.89. The first-order valence-electron chi connectivity index (χ1n) is 5.59. The maximum Gasteiger partial charge on any atom is 0.166 e. The highest BCUT2D eigenvalue weighted by molar-refractivity contribution is 14.1. The van der Waals surface area contributed by atoms with Gasteiger partial charge in [-0.05, 0) is 22.6 Å². The molecule has 0 spiro atoms. The lowest BCUT2D eigenvalue weighted by atomic mass is 10.1. The molecule has 3 heterocycles. The fourth-order valence-corrected chi connectivity index (χ4v) is 2.62. The van der Waals surface area contributed by atoms with Crippen molar-refractivity contribution in [1.82, 2.24) is 19.5 Å². The summed E-state index contributed by atoms with van der Waals surface area (Å²) in [7, 11) is 0. The molecule has 0 aliphatic carbocycles. The zero-order valence-electron chi connectivity index (χ0n) is 9.59. The van der Waals surface area contributed by atoms with Crippen LogP contribution >= 0.6 is 22.6 Å². The first kappa shape index (κ1) is 13.1. The molecule has 19 heavy (non-hydrogen) atoms. The third kappa shape index (κ3) is 2.01. The topological polar surface area (TPSA) is 114 Å². The maximum atomic E-state index is 9.98. The van der Waals surface area contributed by atoms with Gasteiger partial charge < -0.3 is 20.1 Å². The molecule has 0 unspecified atom stereocenters. The van der Waals surface area contributed by atoms with E-state index in [9.17, 15) is 10.2 Å². The van der Waals surface area contributed by atoms with Crippen molar-refractivity contribution in [2.45, 2.75) is 24.5 Å². The molecule has 1 saturated heterocycles. The first-order chi connectivity index (χ1) is 9.13. The largest absolute Gasteiger partial charge is 0.394 e. The molecular weight excluding hydrogens is 367 g/mol. The third-order valence-electron chi connectivity index (χ3n) is 3.11. The Morgan fingerprint density at radius 3 is 2.74 bits per heavy atom. The number of rotatable bonds is 2. The number of nitrogens with zero attached hydrogens (tertiary/aromatic N) is 4.